The molecule has 0 aliphatic carbocycles. The number of rotatable bonds is 41. The van der Waals surface area contributed by atoms with E-state index in [2.05, 4.69) is 47.9 Å². The fourth-order valence-corrected chi connectivity index (χ4v) is 13.2. The highest BCUT2D eigenvalue weighted by atomic mass is 16.7. The molecule has 43 nitrogen and oxygen atoms in total. The molecule has 0 saturated carbocycles. The molecule has 4 saturated heterocycles. The highest BCUT2D eigenvalue weighted by molar-refractivity contribution is 5.99. The third-order valence-corrected chi connectivity index (χ3v) is 19.0. The third-order valence-electron chi connectivity index (χ3n) is 19.0. The van der Waals surface area contributed by atoms with Crippen LogP contribution in [0.1, 0.15) is 104 Å². The number of aliphatic hydroxyl groups is 8. The van der Waals surface area contributed by atoms with E-state index < -0.39 is 287 Å². The Morgan fingerprint density at radius 1 is 0.526 bits per heavy atom. The number of amides is 11. The predicted octanol–water partition coefficient (Wildman–Crippen LogP) is -8.54. The van der Waals surface area contributed by atoms with Crippen molar-refractivity contribution in [2.75, 3.05) is 26.4 Å². The van der Waals surface area contributed by atoms with E-state index in [0.29, 0.717) is 11.1 Å². The Balaban J connectivity index is 1.26. The quantitative estimate of drug-likeness (QED) is 0.0294. The molecule has 6 rings (SSSR count). The summed E-state index contributed by atoms with van der Waals surface area (Å²) < 4.78 is 35.2. The van der Waals surface area contributed by atoms with Gasteiger partial charge in [0.25, 0.3) is 0 Å². The van der Waals surface area contributed by atoms with Crippen LogP contribution in [0, 0.1) is 5.92 Å². The zero-order valence-electron chi connectivity index (χ0n) is 63.1. The molecule has 0 bridgehead atoms. The number of hydrogen-bond acceptors (Lipinski definition) is 29. The second-order valence-electron chi connectivity index (χ2n) is 28.5. The van der Waals surface area contributed by atoms with Crippen molar-refractivity contribution in [3.63, 3.8) is 0 Å². The van der Waals surface area contributed by atoms with Crippen molar-refractivity contribution in [2.45, 2.75) is 252 Å². The van der Waals surface area contributed by atoms with Gasteiger partial charge in [0, 0.05) is 53.0 Å². The first-order valence-electron chi connectivity index (χ1n) is 36.6. The summed E-state index contributed by atoms with van der Waals surface area (Å²) in [7, 11) is 0. The molecule has 4 heterocycles. The fraction of sp³-hybridized carbons (Fsp3) is 0.634. The van der Waals surface area contributed by atoms with Gasteiger partial charge in [0.2, 0.25) is 65.0 Å². The van der Waals surface area contributed by atoms with E-state index in [9.17, 15) is 128 Å². The average molecular weight is 1620 g/mol. The number of carbonyl (C=O) groups excluding carboxylic acids is 11. The SMILES string of the molecule is CC(=O)N[C@H]1[C@H](OC[C@H]2O[C@H](O[C@H](C)[C@H](NC(=O)[C@H](CCC(=O)O)NC(=O)[C@@H]3CCCN3C(=O)[C@H](CC(C)C)NC(=O)[C@H](Cc3ccccc3)NC(=O)[C@H](CC(=O)O)NC(=O)[C@H](Cc3ccc(O)cc3)NC(C)=O)C(=O)N[C@@H](CCC(=O)O)C(N)=O)[C@H](NC(C)=O)[C@@H](O)[C@H]2O)O[C@H](CO)[C@@H](O[C@@H]2O[C@H](CO)[C@H](O)[C@H](O)[C@H]2O)[C@@H]1O. The summed E-state index contributed by atoms with van der Waals surface area (Å²) in [6, 6.07) is -3.68. The van der Waals surface area contributed by atoms with E-state index in [4.69, 9.17) is 34.2 Å². The number of carboxylic acid groups (broad SMARTS) is 3. The fourth-order valence-electron chi connectivity index (χ4n) is 13.2. The molecule has 2 aromatic rings. The summed E-state index contributed by atoms with van der Waals surface area (Å²) in [5.74, 6) is -16.6. The van der Waals surface area contributed by atoms with Gasteiger partial charge in [-0.15, -0.1) is 0 Å². The van der Waals surface area contributed by atoms with E-state index in [-0.39, 0.29) is 44.4 Å². The van der Waals surface area contributed by atoms with Gasteiger partial charge >= 0.3 is 17.9 Å². The molecule has 4 fully saturated rings. The molecule has 0 radical (unpaired) electrons. The molecule has 4 aliphatic heterocycles. The zero-order valence-corrected chi connectivity index (χ0v) is 63.1. The number of aliphatic hydroxyl groups excluding tert-OH is 8. The van der Waals surface area contributed by atoms with Crippen LogP contribution in [-0.2, 0) is 108 Å². The summed E-state index contributed by atoms with van der Waals surface area (Å²) in [5, 5.41) is 147. The Kier molecular flexibility index (Phi) is 35.7. The van der Waals surface area contributed by atoms with Crippen LogP contribution >= 0.6 is 0 Å². The number of phenolic OH excluding ortho intramolecular Hbond substituents is 1. The highest BCUT2D eigenvalue weighted by Crippen LogP contribution is 2.32. The summed E-state index contributed by atoms with van der Waals surface area (Å²) >= 11 is 0. The summed E-state index contributed by atoms with van der Waals surface area (Å²) in [6.45, 7) is 4.58. The van der Waals surface area contributed by atoms with Crippen molar-refractivity contribution in [3.05, 3.63) is 65.7 Å². The lowest BCUT2D eigenvalue weighted by atomic mass is 9.95. The molecule has 0 aromatic heterocycles. The topological polar surface area (TPSA) is 675 Å². The van der Waals surface area contributed by atoms with Crippen LogP contribution in [0.4, 0.5) is 0 Å². The molecular weight excluding hydrogens is 1520 g/mol. The van der Waals surface area contributed by atoms with E-state index in [1.54, 1.807) is 44.2 Å². The van der Waals surface area contributed by atoms with Crippen LogP contribution in [0.2, 0.25) is 0 Å². The van der Waals surface area contributed by atoms with Crippen LogP contribution in [0.15, 0.2) is 54.6 Å². The maximum Gasteiger partial charge on any atom is 0.305 e. The van der Waals surface area contributed by atoms with Gasteiger partial charge in [-0.3, -0.25) is 67.1 Å². The molecule has 0 spiro atoms. The number of aliphatic carboxylic acids is 3. The molecule has 43 heteroatoms. The first-order chi connectivity index (χ1) is 53.7. The number of primary amides is 1. The van der Waals surface area contributed by atoms with Gasteiger partial charge in [0.15, 0.2) is 18.9 Å². The van der Waals surface area contributed by atoms with Crippen LogP contribution in [0.3, 0.4) is 0 Å². The number of nitrogens with one attached hydrogen (secondary N) is 9. The normalized spacial score (nSPS) is 26.9. The highest BCUT2D eigenvalue weighted by Gasteiger charge is 2.54. The Bertz CT molecular complexity index is 3660. The summed E-state index contributed by atoms with van der Waals surface area (Å²) in [5.41, 5.74) is 6.48. The van der Waals surface area contributed by atoms with Crippen molar-refractivity contribution >= 4 is 82.9 Å². The van der Waals surface area contributed by atoms with Gasteiger partial charge in [-0.2, -0.15) is 0 Å². The molecule has 114 heavy (non-hydrogen) atoms. The Morgan fingerprint density at radius 2 is 1.04 bits per heavy atom. The van der Waals surface area contributed by atoms with Gasteiger partial charge in [-0.25, -0.2) is 0 Å². The molecule has 24 atom stereocenters. The van der Waals surface area contributed by atoms with Crippen molar-refractivity contribution in [1.82, 2.24) is 52.8 Å². The first kappa shape index (κ1) is 93.1. The number of carbonyl (C=O) groups is 14. The second-order valence-corrected chi connectivity index (χ2v) is 28.5. The second kappa shape index (κ2) is 43.7. The predicted molar refractivity (Wildman–Crippen MR) is 383 cm³/mol. The smallest absolute Gasteiger partial charge is 0.305 e. The summed E-state index contributed by atoms with van der Waals surface area (Å²) in [6.07, 6.45) is -31.1. The zero-order chi connectivity index (χ0) is 84.7. The Morgan fingerprint density at radius 3 is 1.59 bits per heavy atom. The number of ether oxygens (including phenoxy) is 6. The molecule has 23 N–H and O–H groups in total. The number of nitrogens with two attached hydrogens (primary N) is 1. The molecular formula is C71H103N11O32. The van der Waals surface area contributed by atoms with Crippen molar-refractivity contribution in [1.29, 1.82) is 0 Å². The Labute approximate surface area is 652 Å². The van der Waals surface area contributed by atoms with Crippen molar-refractivity contribution in [3.8, 4) is 5.75 Å². The van der Waals surface area contributed by atoms with Crippen LogP contribution in [0.5, 0.6) is 5.75 Å². The van der Waals surface area contributed by atoms with Gasteiger partial charge in [0.05, 0.1) is 32.3 Å². The lowest BCUT2D eigenvalue weighted by Crippen LogP contribution is -2.68. The van der Waals surface area contributed by atoms with Gasteiger partial charge in [-0.1, -0.05) is 56.3 Å². The molecule has 2 aromatic carbocycles. The average Bonchev–Trinajstić information content (AvgIpc) is 0.873. The Hall–Kier alpha value is -9.74. The van der Waals surface area contributed by atoms with Gasteiger partial charge in [0.1, 0.15) is 127 Å². The monoisotopic (exact) mass is 1620 g/mol. The van der Waals surface area contributed by atoms with Crippen molar-refractivity contribution in [2.24, 2.45) is 11.7 Å². The number of benzene rings is 2. The lowest BCUT2D eigenvalue weighted by Gasteiger charge is -2.48. The van der Waals surface area contributed by atoms with Crippen LogP contribution in [0.25, 0.3) is 0 Å². The van der Waals surface area contributed by atoms with Crippen LogP contribution in [-0.4, -0.2) is 322 Å². The number of aromatic hydroxyl groups is 1. The number of carboxylic acids is 3. The first-order valence-corrected chi connectivity index (χ1v) is 36.6. The number of phenols is 1. The number of nitrogens with zero attached hydrogens (tertiary/aromatic N) is 1. The van der Waals surface area contributed by atoms with Gasteiger partial charge < -0.3 is 148 Å². The number of hydrogen-bond donors (Lipinski definition) is 22. The minimum absolute atomic E-state index is 0.101. The minimum atomic E-state index is -2.19. The summed E-state index contributed by atoms with van der Waals surface area (Å²) in [4.78, 5) is 190. The van der Waals surface area contributed by atoms with Crippen LogP contribution < -0.4 is 53.6 Å². The molecule has 4 aliphatic rings. The van der Waals surface area contributed by atoms with Gasteiger partial charge in [-0.05, 0) is 68.2 Å². The largest absolute Gasteiger partial charge is 0.508 e. The molecule has 0 unspecified atom stereocenters. The minimum Gasteiger partial charge on any atom is -0.508 e. The maximum absolute atomic E-state index is 15.0. The van der Waals surface area contributed by atoms with E-state index >= 15 is 0 Å². The standard InChI is InChI=1S/C71H103N11O32/c1-30(2)23-43(80-64(104)41(24-35-11-8-7-9-12-35)78-65(105)42(26-50(93)94)79-63(103)40(73-32(4)85)25-36-14-16-37(88)17-15-36)68(108)82-22-10-13-44(82)66(106)77-39(19-21-49(91)92)62(102)81-51(67(107)76-38(61(72)101)18-20-48(89)90)31(3)110-70-52(74-33(5)86)56(97)55(96)47(113-70)29-109-69-53(75-34(6)87)57(98)60(46(28-84)112-69)114-71-59(100)58(99)54(95)45(27-83)111-71/h7-9,11-12,14-17,30-31,38-47,51-60,69-71,83-84,88,95-100H,10,13,18-29H2,1-6H3,(H2,72,101)(H,73,85)(H,74,86)(H,75,87)(H,76,107)(H,77,106)(H,78,105)(H,79,103)(H,80,104)(H,81,102)(H,89,90)(H,91,92)(H,93,94)/t31-,38+,39+,40+,41+,42+,43+,44+,45-,46-,47-,51+,52-,53-,54+,55+,56-,57-,58+,59-,60-,69-,70+,71+/m1/s1. The van der Waals surface area contributed by atoms with Crippen molar-refractivity contribution < 1.29 is 157 Å². The third kappa shape index (κ3) is 26.9. The maximum atomic E-state index is 15.0. The number of likely N-dealkylation sites (tertiary alicyclic amines) is 1. The van der Waals surface area contributed by atoms with E-state index in [0.717, 1.165) is 32.6 Å². The molecule has 634 valence electrons. The lowest BCUT2D eigenvalue weighted by molar-refractivity contribution is -0.352. The van der Waals surface area contributed by atoms with E-state index in [1.807, 2.05) is 0 Å². The molecule has 11 amide bonds. The van der Waals surface area contributed by atoms with E-state index in [1.165, 1.54) is 24.3 Å².